The normalized spacial score (nSPS) is 18.0. The molecule has 166 valence electrons. The monoisotopic (exact) mass is 419 g/mol. The average Bonchev–Trinajstić information content (AvgIpc) is 3.58. The fourth-order valence-corrected chi connectivity index (χ4v) is 4.75. The van der Waals surface area contributed by atoms with Gasteiger partial charge in [0.25, 0.3) is 0 Å². The number of nitrogens with one attached hydrogen (secondary N) is 1. The van der Waals surface area contributed by atoms with E-state index in [9.17, 15) is 4.79 Å². The number of carbonyl (C=O) groups is 1. The van der Waals surface area contributed by atoms with Crippen LogP contribution in [0.5, 0.6) is 0 Å². The van der Waals surface area contributed by atoms with Crippen LogP contribution in [-0.2, 0) is 11.3 Å². The molecule has 1 saturated carbocycles. The molecule has 2 aromatic carbocycles. The van der Waals surface area contributed by atoms with E-state index in [4.69, 9.17) is 0 Å². The number of hydrogen-bond donors (Lipinski definition) is 1. The molecule has 1 amide bonds. The van der Waals surface area contributed by atoms with E-state index in [2.05, 4.69) is 72.3 Å². The Labute approximate surface area is 187 Å². The molecule has 0 unspecified atom stereocenters. The van der Waals surface area contributed by atoms with Crippen LogP contribution < -0.4 is 5.32 Å². The van der Waals surface area contributed by atoms with Gasteiger partial charge in [0.1, 0.15) is 0 Å². The summed E-state index contributed by atoms with van der Waals surface area (Å²) in [6.07, 6.45) is 4.98. The zero-order valence-electron chi connectivity index (χ0n) is 19.3. The van der Waals surface area contributed by atoms with Gasteiger partial charge < -0.3 is 5.32 Å². The van der Waals surface area contributed by atoms with Gasteiger partial charge in [-0.25, -0.2) is 0 Å². The van der Waals surface area contributed by atoms with Crippen molar-refractivity contribution in [3.05, 3.63) is 65.2 Å². The molecule has 0 atom stereocenters. The van der Waals surface area contributed by atoms with E-state index in [0.29, 0.717) is 18.5 Å². The highest BCUT2D eigenvalue weighted by molar-refractivity contribution is 5.92. The zero-order chi connectivity index (χ0) is 21.8. The van der Waals surface area contributed by atoms with Gasteiger partial charge in [-0.3, -0.25) is 14.6 Å². The summed E-state index contributed by atoms with van der Waals surface area (Å²) in [6, 6.07) is 18.6. The quantitative estimate of drug-likeness (QED) is 0.640. The minimum Gasteiger partial charge on any atom is -0.325 e. The van der Waals surface area contributed by atoms with Gasteiger partial charge in [-0.15, -0.1) is 0 Å². The molecule has 4 nitrogen and oxygen atoms in total. The van der Waals surface area contributed by atoms with Gasteiger partial charge in [-0.1, -0.05) is 55.8 Å². The molecule has 0 bridgehead atoms. The fraction of sp³-hybridized carbons (Fsp3) is 0.519. The molecule has 31 heavy (non-hydrogen) atoms. The maximum Gasteiger partial charge on any atom is 0.238 e. The Morgan fingerprint density at radius 2 is 1.71 bits per heavy atom. The molecule has 0 aromatic heterocycles. The maximum atomic E-state index is 12.5. The van der Waals surface area contributed by atoms with Gasteiger partial charge in [0.05, 0.1) is 6.54 Å². The van der Waals surface area contributed by atoms with Crippen LogP contribution in [0.4, 0.5) is 5.69 Å². The Hall–Kier alpha value is -2.17. The number of carbonyl (C=O) groups excluding carboxylic acids is 1. The predicted molar refractivity (Wildman–Crippen MR) is 128 cm³/mol. The SMILES string of the molecule is Cc1cccc(CN(C2CC2)C2CCN(CC(=O)Nc3ccc(C(C)C)cc3)CC2)c1. The van der Waals surface area contributed by atoms with Crippen LogP contribution in [0.3, 0.4) is 0 Å². The molecule has 2 aromatic rings. The number of piperidine rings is 1. The first-order chi connectivity index (χ1) is 15.0. The topological polar surface area (TPSA) is 35.6 Å². The number of nitrogens with zero attached hydrogens (tertiary/aromatic N) is 2. The summed E-state index contributed by atoms with van der Waals surface area (Å²) in [6.45, 7) is 10.1. The first kappa shape index (κ1) is 22.0. The zero-order valence-corrected chi connectivity index (χ0v) is 19.3. The van der Waals surface area contributed by atoms with Crippen molar-refractivity contribution in [3.63, 3.8) is 0 Å². The Morgan fingerprint density at radius 1 is 1.03 bits per heavy atom. The molecule has 2 aliphatic rings. The Morgan fingerprint density at radius 3 is 2.32 bits per heavy atom. The van der Waals surface area contributed by atoms with E-state index >= 15 is 0 Å². The van der Waals surface area contributed by atoms with Crippen molar-refractivity contribution >= 4 is 11.6 Å². The lowest BCUT2D eigenvalue weighted by atomic mass is 10.0. The van der Waals surface area contributed by atoms with Crippen molar-refractivity contribution in [2.45, 2.75) is 71.0 Å². The molecule has 0 spiro atoms. The van der Waals surface area contributed by atoms with Crippen LogP contribution in [0.15, 0.2) is 48.5 Å². The molecule has 1 saturated heterocycles. The van der Waals surface area contributed by atoms with Crippen LogP contribution >= 0.6 is 0 Å². The summed E-state index contributed by atoms with van der Waals surface area (Å²) in [5.41, 5.74) is 4.96. The Bertz CT molecular complexity index is 864. The van der Waals surface area contributed by atoms with E-state index in [1.165, 1.54) is 29.5 Å². The van der Waals surface area contributed by atoms with Crippen molar-refractivity contribution in [1.82, 2.24) is 9.80 Å². The lowest BCUT2D eigenvalue weighted by Gasteiger charge is -2.38. The highest BCUT2D eigenvalue weighted by atomic mass is 16.2. The summed E-state index contributed by atoms with van der Waals surface area (Å²) >= 11 is 0. The largest absolute Gasteiger partial charge is 0.325 e. The highest BCUT2D eigenvalue weighted by Crippen LogP contribution is 2.33. The number of aryl methyl sites for hydroxylation is 1. The molecule has 1 aliphatic heterocycles. The lowest BCUT2D eigenvalue weighted by Crippen LogP contribution is -2.47. The van der Waals surface area contributed by atoms with Crippen molar-refractivity contribution in [2.75, 3.05) is 25.0 Å². The molecular formula is C27H37N3O. The van der Waals surface area contributed by atoms with Crippen molar-refractivity contribution < 1.29 is 4.79 Å². The van der Waals surface area contributed by atoms with E-state index in [-0.39, 0.29) is 5.91 Å². The van der Waals surface area contributed by atoms with Gasteiger partial charge in [0, 0.05) is 37.4 Å². The third kappa shape index (κ3) is 6.18. The highest BCUT2D eigenvalue weighted by Gasteiger charge is 2.35. The molecule has 4 heteroatoms. The van der Waals surface area contributed by atoms with Gasteiger partial charge in [0.15, 0.2) is 0 Å². The number of amides is 1. The second kappa shape index (κ2) is 9.97. The summed E-state index contributed by atoms with van der Waals surface area (Å²) < 4.78 is 0. The summed E-state index contributed by atoms with van der Waals surface area (Å²) in [5, 5.41) is 3.06. The van der Waals surface area contributed by atoms with Crippen LogP contribution in [0.25, 0.3) is 0 Å². The van der Waals surface area contributed by atoms with Crippen molar-refractivity contribution in [2.24, 2.45) is 0 Å². The van der Waals surface area contributed by atoms with E-state index in [1.54, 1.807) is 0 Å². The standard InChI is InChI=1S/C27H37N3O/c1-20(2)23-7-9-24(10-8-23)28-27(31)19-29-15-13-26(14-16-29)30(25-11-12-25)18-22-6-4-5-21(3)17-22/h4-10,17,20,25-26H,11-16,18-19H2,1-3H3,(H,28,31). The fourth-order valence-electron chi connectivity index (χ4n) is 4.75. The predicted octanol–water partition coefficient (Wildman–Crippen LogP) is 5.19. The summed E-state index contributed by atoms with van der Waals surface area (Å²) in [4.78, 5) is 17.6. The maximum absolute atomic E-state index is 12.5. The lowest BCUT2D eigenvalue weighted by molar-refractivity contribution is -0.117. The third-order valence-corrected chi connectivity index (χ3v) is 6.72. The van der Waals surface area contributed by atoms with Crippen LogP contribution in [0.1, 0.15) is 62.1 Å². The molecule has 1 heterocycles. The third-order valence-electron chi connectivity index (χ3n) is 6.72. The van der Waals surface area contributed by atoms with Gasteiger partial charge in [0.2, 0.25) is 5.91 Å². The summed E-state index contributed by atoms with van der Waals surface area (Å²) in [7, 11) is 0. The Balaban J connectivity index is 1.26. The minimum atomic E-state index is 0.0922. The molecular weight excluding hydrogens is 382 g/mol. The van der Waals surface area contributed by atoms with E-state index in [0.717, 1.165) is 44.2 Å². The molecule has 4 rings (SSSR count). The number of likely N-dealkylation sites (tertiary alicyclic amines) is 1. The second-order valence-corrected chi connectivity index (χ2v) is 9.72. The van der Waals surface area contributed by atoms with Gasteiger partial charge >= 0.3 is 0 Å². The number of benzene rings is 2. The van der Waals surface area contributed by atoms with Crippen LogP contribution in [-0.4, -0.2) is 47.4 Å². The van der Waals surface area contributed by atoms with Crippen LogP contribution in [0.2, 0.25) is 0 Å². The average molecular weight is 420 g/mol. The summed E-state index contributed by atoms with van der Waals surface area (Å²) in [5.74, 6) is 0.599. The number of anilines is 1. The number of rotatable bonds is 8. The van der Waals surface area contributed by atoms with Crippen molar-refractivity contribution in [1.29, 1.82) is 0 Å². The van der Waals surface area contributed by atoms with Crippen molar-refractivity contribution in [3.8, 4) is 0 Å². The first-order valence-electron chi connectivity index (χ1n) is 11.9. The number of hydrogen-bond acceptors (Lipinski definition) is 3. The smallest absolute Gasteiger partial charge is 0.238 e. The molecule has 1 aliphatic carbocycles. The van der Waals surface area contributed by atoms with E-state index in [1.807, 2.05) is 12.1 Å². The molecule has 2 fully saturated rings. The van der Waals surface area contributed by atoms with E-state index < -0.39 is 0 Å². The van der Waals surface area contributed by atoms with Gasteiger partial charge in [-0.05, 0) is 61.8 Å². The van der Waals surface area contributed by atoms with Crippen LogP contribution in [0, 0.1) is 6.92 Å². The second-order valence-electron chi connectivity index (χ2n) is 9.72. The van der Waals surface area contributed by atoms with Gasteiger partial charge in [-0.2, -0.15) is 0 Å². The molecule has 1 N–H and O–H groups in total. The molecule has 0 radical (unpaired) electrons. The minimum absolute atomic E-state index is 0.0922. The Kier molecular flexibility index (Phi) is 7.09. The first-order valence-corrected chi connectivity index (χ1v) is 11.9.